The lowest BCUT2D eigenvalue weighted by atomic mass is 10.9. The Balaban J connectivity index is 4.18. The van der Waals surface area contributed by atoms with Crippen molar-refractivity contribution in [3.8, 4) is 0 Å². The minimum absolute atomic E-state index is 0.0317. The second-order valence-corrected chi connectivity index (χ2v) is 6.99. The summed E-state index contributed by atoms with van der Waals surface area (Å²) in [6.07, 6.45) is 0. The number of hydrogen-bond acceptors (Lipinski definition) is 6. The van der Waals surface area contributed by atoms with Gasteiger partial charge in [0.25, 0.3) is 0 Å². The molecule has 0 fully saturated rings. The Bertz CT molecular complexity index is 315. The first-order valence-electron chi connectivity index (χ1n) is 5.13. The lowest BCUT2D eigenvalue weighted by Crippen LogP contribution is -2.14. The maximum absolute atomic E-state index is 11.7. The van der Waals surface area contributed by atoms with Crippen molar-refractivity contribution in [3.63, 3.8) is 0 Å². The summed E-state index contributed by atoms with van der Waals surface area (Å²) in [5.74, 6) is -0.155. The average molecular weight is 274 g/mol. The van der Waals surface area contributed by atoms with Crippen LogP contribution in [0, 0.1) is 0 Å². The molecule has 0 heterocycles. The minimum atomic E-state index is -3.58. The molecule has 0 aromatic carbocycles. The fourth-order valence-electron chi connectivity index (χ4n) is 0.848. The van der Waals surface area contributed by atoms with Crippen molar-refractivity contribution in [3.05, 3.63) is 0 Å². The molecule has 8 heteroatoms. The van der Waals surface area contributed by atoms with Crippen LogP contribution in [0.4, 0.5) is 0 Å². The Morgan fingerprint density at radius 3 is 1.88 bits per heavy atom. The summed E-state index contributed by atoms with van der Waals surface area (Å²) in [4.78, 5) is 0. The fraction of sp³-hybridized carbons (Fsp3) is 1.00. The molecule has 0 aliphatic carbocycles. The molecular weight excluding hydrogens is 255 g/mol. The van der Waals surface area contributed by atoms with Gasteiger partial charge in [-0.3, -0.25) is 13.6 Å². The summed E-state index contributed by atoms with van der Waals surface area (Å²) in [5.41, 5.74) is 0. The summed E-state index contributed by atoms with van der Waals surface area (Å²) >= 11 is 0. The van der Waals surface area contributed by atoms with Crippen LogP contribution in [0.15, 0.2) is 0 Å². The van der Waals surface area contributed by atoms with Gasteiger partial charge in [0, 0.05) is 5.75 Å². The highest BCUT2D eigenvalue weighted by Gasteiger charge is 2.25. The van der Waals surface area contributed by atoms with Crippen LogP contribution in [0.2, 0.25) is 0 Å². The van der Waals surface area contributed by atoms with Gasteiger partial charge in [0.2, 0.25) is 0 Å². The van der Waals surface area contributed by atoms with Gasteiger partial charge in [-0.25, -0.2) is 13.0 Å². The molecule has 0 saturated carbocycles. The monoisotopic (exact) mass is 274 g/mol. The zero-order chi connectivity index (χ0) is 12.7. The molecule has 98 valence electrons. The van der Waals surface area contributed by atoms with E-state index in [9.17, 15) is 13.0 Å². The lowest BCUT2D eigenvalue weighted by molar-refractivity contribution is 0.127. The molecule has 0 unspecified atom stereocenters. The molecule has 0 saturated heterocycles. The summed E-state index contributed by atoms with van der Waals surface area (Å²) < 4.78 is 48.6. The van der Waals surface area contributed by atoms with Crippen LogP contribution in [-0.2, 0) is 28.0 Å². The average Bonchev–Trinajstić information content (AvgIpc) is 2.18. The number of hydrogen-bond donors (Lipinski definition) is 0. The summed E-state index contributed by atoms with van der Waals surface area (Å²) in [6.45, 7) is 5.01. The van der Waals surface area contributed by atoms with E-state index in [1.54, 1.807) is 20.8 Å². The van der Waals surface area contributed by atoms with Crippen LogP contribution in [0.3, 0.4) is 0 Å². The summed E-state index contributed by atoms with van der Waals surface area (Å²) in [6, 6.07) is 0. The highest BCUT2D eigenvalue weighted by molar-refractivity contribution is 7.91. The molecule has 0 aromatic rings. The number of sulfone groups is 1. The van der Waals surface area contributed by atoms with Crippen molar-refractivity contribution in [1.29, 1.82) is 0 Å². The first-order chi connectivity index (χ1) is 7.39. The van der Waals surface area contributed by atoms with Crippen molar-refractivity contribution >= 4 is 17.7 Å². The highest BCUT2D eigenvalue weighted by Crippen LogP contribution is 2.48. The molecule has 0 aromatic heterocycles. The molecule has 0 rings (SSSR count). The smallest absolute Gasteiger partial charge is 0.287 e. The van der Waals surface area contributed by atoms with E-state index in [1.165, 1.54) is 0 Å². The van der Waals surface area contributed by atoms with E-state index in [4.69, 9.17) is 13.6 Å². The van der Waals surface area contributed by atoms with Crippen molar-refractivity contribution in [1.82, 2.24) is 0 Å². The molecule has 0 spiro atoms. The van der Waals surface area contributed by atoms with Gasteiger partial charge in [0.1, 0.15) is 0 Å². The zero-order valence-electron chi connectivity index (χ0n) is 9.84. The quantitative estimate of drug-likeness (QED) is 0.594. The Morgan fingerprint density at radius 2 is 1.50 bits per heavy atom. The standard InChI is InChI=1S/C8H19O6PS/c1-4-12-15(9,13-5-2)14-7-8-16(10,11)6-3/h4-8H2,1-3H3. The third-order valence-electron chi connectivity index (χ3n) is 1.66. The lowest BCUT2D eigenvalue weighted by Gasteiger charge is -2.15. The fourth-order valence-corrected chi connectivity index (χ4v) is 2.77. The Kier molecular flexibility index (Phi) is 7.43. The van der Waals surface area contributed by atoms with E-state index in [0.717, 1.165) is 0 Å². The van der Waals surface area contributed by atoms with Gasteiger partial charge in [0.05, 0.1) is 25.6 Å². The largest absolute Gasteiger partial charge is 0.474 e. The Morgan fingerprint density at radius 1 is 1.00 bits per heavy atom. The predicted molar refractivity (Wildman–Crippen MR) is 61.1 cm³/mol. The minimum Gasteiger partial charge on any atom is -0.287 e. The van der Waals surface area contributed by atoms with Gasteiger partial charge in [-0.05, 0) is 13.8 Å². The molecule has 16 heavy (non-hydrogen) atoms. The van der Waals surface area contributed by atoms with E-state index >= 15 is 0 Å². The molecular formula is C8H19O6PS. The second kappa shape index (κ2) is 7.40. The van der Waals surface area contributed by atoms with Crippen LogP contribution in [-0.4, -0.2) is 39.7 Å². The normalized spacial score (nSPS) is 12.9. The van der Waals surface area contributed by atoms with Crippen molar-refractivity contribution < 1.29 is 26.6 Å². The SMILES string of the molecule is CCOP(=O)(OCC)OCCS(=O)(=O)CC. The Labute approximate surface area is 96.8 Å². The van der Waals surface area contributed by atoms with E-state index in [0.29, 0.717) is 0 Å². The molecule has 0 radical (unpaired) electrons. The second-order valence-electron chi connectivity index (χ2n) is 2.85. The summed E-state index contributed by atoms with van der Waals surface area (Å²) in [5, 5.41) is 0. The molecule has 0 amide bonds. The molecule has 0 bridgehead atoms. The zero-order valence-corrected chi connectivity index (χ0v) is 11.6. The maximum Gasteiger partial charge on any atom is 0.474 e. The van der Waals surface area contributed by atoms with Crippen LogP contribution in [0.25, 0.3) is 0 Å². The molecule has 0 aliphatic heterocycles. The summed E-state index contributed by atoms with van der Waals surface area (Å²) in [7, 11) is -6.71. The third-order valence-corrected chi connectivity index (χ3v) is 4.97. The van der Waals surface area contributed by atoms with Crippen molar-refractivity contribution in [2.75, 3.05) is 31.3 Å². The molecule has 0 N–H and O–H groups in total. The van der Waals surface area contributed by atoms with Gasteiger partial charge in [-0.2, -0.15) is 0 Å². The Hall–Kier alpha value is 0.0600. The van der Waals surface area contributed by atoms with Gasteiger partial charge in [-0.1, -0.05) is 6.92 Å². The van der Waals surface area contributed by atoms with Crippen LogP contribution >= 0.6 is 7.82 Å². The number of rotatable bonds is 9. The van der Waals surface area contributed by atoms with Gasteiger partial charge < -0.3 is 0 Å². The first-order valence-corrected chi connectivity index (χ1v) is 8.41. The third kappa shape index (κ3) is 6.60. The number of phosphoric ester groups is 1. The van der Waals surface area contributed by atoms with Crippen molar-refractivity contribution in [2.24, 2.45) is 0 Å². The molecule has 6 nitrogen and oxygen atoms in total. The van der Waals surface area contributed by atoms with Gasteiger partial charge in [0.15, 0.2) is 9.84 Å². The predicted octanol–water partition coefficient (Wildman–Crippen LogP) is 1.62. The van der Waals surface area contributed by atoms with Crippen LogP contribution in [0.5, 0.6) is 0 Å². The topological polar surface area (TPSA) is 78.9 Å². The van der Waals surface area contributed by atoms with E-state index in [2.05, 4.69) is 0 Å². The molecule has 0 aliphatic rings. The van der Waals surface area contributed by atoms with E-state index < -0.39 is 17.7 Å². The van der Waals surface area contributed by atoms with Gasteiger partial charge in [-0.15, -0.1) is 0 Å². The van der Waals surface area contributed by atoms with E-state index in [-0.39, 0.29) is 31.3 Å². The van der Waals surface area contributed by atoms with Crippen LogP contribution in [0.1, 0.15) is 20.8 Å². The van der Waals surface area contributed by atoms with Crippen molar-refractivity contribution in [2.45, 2.75) is 20.8 Å². The highest BCUT2D eigenvalue weighted by atomic mass is 32.2. The molecule has 0 atom stereocenters. The number of phosphoric acid groups is 1. The van der Waals surface area contributed by atoms with Gasteiger partial charge >= 0.3 is 7.82 Å². The first kappa shape index (κ1) is 16.1. The van der Waals surface area contributed by atoms with Crippen LogP contribution < -0.4 is 0 Å². The maximum atomic E-state index is 11.7. The van der Waals surface area contributed by atoms with E-state index in [1.807, 2.05) is 0 Å².